The van der Waals surface area contributed by atoms with Gasteiger partial charge in [-0.1, -0.05) is 6.92 Å². The van der Waals surface area contributed by atoms with Crippen LogP contribution in [0.2, 0.25) is 0 Å². The van der Waals surface area contributed by atoms with Crippen molar-refractivity contribution in [3.05, 3.63) is 6.42 Å². The lowest BCUT2D eigenvalue weighted by molar-refractivity contribution is 0.773. The minimum Gasteiger partial charge on any atom is -0.126 e. The van der Waals surface area contributed by atoms with Gasteiger partial charge in [-0.2, -0.15) is 0 Å². The van der Waals surface area contributed by atoms with Gasteiger partial charge in [-0.15, -0.1) is 23.2 Å². The first-order chi connectivity index (χ1) is 3.31. The molecule has 0 saturated carbocycles. The summed E-state index contributed by atoms with van der Waals surface area (Å²) in [6.45, 7) is 2.04. The SMILES string of the molecule is CC([CH]CCl)CCl. The number of hydrogen-bond donors (Lipinski definition) is 0. The molecule has 0 fully saturated rings. The number of rotatable bonds is 3. The van der Waals surface area contributed by atoms with E-state index in [1.165, 1.54) is 0 Å². The summed E-state index contributed by atoms with van der Waals surface area (Å²) in [5.74, 6) is 1.74. The van der Waals surface area contributed by atoms with E-state index in [4.69, 9.17) is 23.2 Å². The predicted molar refractivity (Wildman–Crippen MR) is 34.9 cm³/mol. The summed E-state index contributed by atoms with van der Waals surface area (Å²) in [6.07, 6.45) is 1.98. The van der Waals surface area contributed by atoms with Crippen LogP contribution >= 0.6 is 23.2 Å². The Morgan fingerprint density at radius 2 is 2.14 bits per heavy atom. The van der Waals surface area contributed by atoms with E-state index in [9.17, 15) is 0 Å². The van der Waals surface area contributed by atoms with E-state index < -0.39 is 0 Å². The fourth-order valence-corrected chi connectivity index (χ4v) is 0.645. The van der Waals surface area contributed by atoms with Crippen LogP contribution in [0.25, 0.3) is 0 Å². The lowest BCUT2D eigenvalue weighted by Gasteiger charge is -1.99. The van der Waals surface area contributed by atoms with Crippen molar-refractivity contribution in [3.8, 4) is 0 Å². The molecule has 0 saturated heterocycles. The Hall–Kier alpha value is 0.580. The van der Waals surface area contributed by atoms with E-state index >= 15 is 0 Å². The molecular formula is C5H9Cl2. The van der Waals surface area contributed by atoms with E-state index in [0.717, 1.165) is 0 Å². The Bertz CT molecular complexity index is 37.1. The summed E-state index contributed by atoms with van der Waals surface area (Å²) in [6, 6.07) is 0. The lowest BCUT2D eigenvalue weighted by Crippen LogP contribution is -1.96. The van der Waals surface area contributed by atoms with Gasteiger partial charge in [-0.25, -0.2) is 0 Å². The Kier molecular flexibility index (Phi) is 5.12. The van der Waals surface area contributed by atoms with Gasteiger partial charge in [0.2, 0.25) is 0 Å². The van der Waals surface area contributed by atoms with Crippen molar-refractivity contribution >= 4 is 23.2 Å². The van der Waals surface area contributed by atoms with Gasteiger partial charge in [0.15, 0.2) is 0 Å². The Balaban J connectivity index is 2.83. The molecular weight excluding hydrogens is 131 g/mol. The molecule has 7 heavy (non-hydrogen) atoms. The fraction of sp³-hybridized carbons (Fsp3) is 0.800. The highest BCUT2D eigenvalue weighted by Crippen LogP contribution is 2.02. The van der Waals surface area contributed by atoms with Gasteiger partial charge in [0, 0.05) is 11.8 Å². The lowest BCUT2D eigenvalue weighted by atomic mass is 10.2. The third-order valence-electron chi connectivity index (χ3n) is 0.735. The number of halogens is 2. The van der Waals surface area contributed by atoms with Gasteiger partial charge in [-0.3, -0.25) is 0 Å². The number of hydrogen-bond acceptors (Lipinski definition) is 0. The molecule has 0 aliphatic carbocycles. The minimum atomic E-state index is 0.458. The Morgan fingerprint density at radius 1 is 1.57 bits per heavy atom. The summed E-state index contributed by atoms with van der Waals surface area (Å²) in [4.78, 5) is 0. The van der Waals surface area contributed by atoms with Gasteiger partial charge in [0.1, 0.15) is 0 Å². The van der Waals surface area contributed by atoms with Gasteiger partial charge in [-0.05, 0) is 12.3 Å². The normalized spacial score (nSPS) is 14.1. The largest absolute Gasteiger partial charge is 0.126 e. The average molecular weight is 140 g/mol. The molecule has 0 N–H and O–H groups in total. The molecule has 0 nitrogen and oxygen atoms in total. The highest BCUT2D eigenvalue weighted by Gasteiger charge is 1.95. The van der Waals surface area contributed by atoms with Gasteiger partial charge in [0.25, 0.3) is 0 Å². The molecule has 0 spiro atoms. The van der Waals surface area contributed by atoms with Crippen molar-refractivity contribution in [2.45, 2.75) is 6.92 Å². The summed E-state index contributed by atoms with van der Waals surface area (Å²) in [5.41, 5.74) is 0. The molecule has 0 amide bonds. The zero-order valence-electron chi connectivity index (χ0n) is 4.32. The first kappa shape index (κ1) is 7.58. The van der Waals surface area contributed by atoms with Gasteiger partial charge >= 0.3 is 0 Å². The molecule has 0 aromatic carbocycles. The van der Waals surface area contributed by atoms with Crippen molar-refractivity contribution in [1.29, 1.82) is 0 Å². The molecule has 0 heterocycles. The maximum absolute atomic E-state index is 5.44. The van der Waals surface area contributed by atoms with Crippen LogP contribution in [0, 0.1) is 12.3 Å². The third kappa shape index (κ3) is 4.43. The van der Waals surface area contributed by atoms with Gasteiger partial charge in [0.05, 0.1) is 0 Å². The zero-order chi connectivity index (χ0) is 5.70. The van der Waals surface area contributed by atoms with Crippen molar-refractivity contribution < 1.29 is 0 Å². The third-order valence-corrected chi connectivity index (χ3v) is 1.40. The van der Waals surface area contributed by atoms with Crippen LogP contribution in [0.4, 0.5) is 0 Å². The molecule has 0 aromatic rings. The highest BCUT2D eigenvalue weighted by atomic mass is 35.5. The fourth-order valence-electron chi connectivity index (χ4n) is 0.215. The monoisotopic (exact) mass is 139 g/mol. The molecule has 0 bridgehead atoms. The van der Waals surface area contributed by atoms with Crippen LogP contribution in [0.1, 0.15) is 6.92 Å². The van der Waals surface area contributed by atoms with E-state index in [2.05, 4.69) is 0 Å². The summed E-state index contributed by atoms with van der Waals surface area (Å²) < 4.78 is 0. The molecule has 0 aliphatic rings. The first-order valence-electron chi connectivity index (χ1n) is 2.26. The first-order valence-corrected chi connectivity index (χ1v) is 3.33. The second-order valence-corrected chi connectivity index (χ2v) is 2.14. The maximum Gasteiger partial charge on any atom is 0.0257 e. The van der Waals surface area contributed by atoms with Crippen molar-refractivity contribution in [3.63, 3.8) is 0 Å². The molecule has 2 heteroatoms. The van der Waals surface area contributed by atoms with Crippen molar-refractivity contribution in [2.75, 3.05) is 11.8 Å². The van der Waals surface area contributed by atoms with Crippen LogP contribution < -0.4 is 0 Å². The molecule has 1 unspecified atom stereocenters. The summed E-state index contributed by atoms with van der Waals surface area (Å²) >= 11 is 10.8. The van der Waals surface area contributed by atoms with Crippen molar-refractivity contribution in [1.82, 2.24) is 0 Å². The summed E-state index contributed by atoms with van der Waals surface area (Å²) in [7, 11) is 0. The van der Waals surface area contributed by atoms with Crippen LogP contribution in [0.15, 0.2) is 0 Å². The summed E-state index contributed by atoms with van der Waals surface area (Å²) in [5, 5.41) is 0. The minimum absolute atomic E-state index is 0.458. The second-order valence-electron chi connectivity index (χ2n) is 1.52. The Labute approximate surface area is 54.8 Å². The molecule has 0 rings (SSSR count). The molecule has 0 aromatic heterocycles. The molecule has 43 valence electrons. The standard InChI is InChI=1S/C5H9Cl2/c1-5(4-7)2-3-6/h2,5H,3-4H2,1H3. The topological polar surface area (TPSA) is 0 Å². The second kappa shape index (κ2) is 4.73. The molecule has 1 atom stereocenters. The smallest absolute Gasteiger partial charge is 0.0257 e. The van der Waals surface area contributed by atoms with Crippen LogP contribution in [0.5, 0.6) is 0 Å². The maximum atomic E-state index is 5.44. The molecule has 1 radical (unpaired) electrons. The number of alkyl halides is 2. The van der Waals surface area contributed by atoms with Crippen molar-refractivity contribution in [2.24, 2.45) is 5.92 Å². The predicted octanol–water partition coefficient (Wildman–Crippen LogP) is 2.30. The van der Waals surface area contributed by atoms with Gasteiger partial charge < -0.3 is 0 Å². The van der Waals surface area contributed by atoms with E-state index in [1.54, 1.807) is 0 Å². The van der Waals surface area contributed by atoms with Crippen LogP contribution in [0.3, 0.4) is 0 Å². The van der Waals surface area contributed by atoms with E-state index in [0.29, 0.717) is 17.7 Å². The quantitative estimate of drug-likeness (QED) is 0.527. The van der Waals surface area contributed by atoms with E-state index in [1.807, 2.05) is 13.3 Å². The zero-order valence-corrected chi connectivity index (χ0v) is 5.84. The Morgan fingerprint density at radius 3 is 2.29 bits per heavy atom. The highest BCUT2D eigenvalue weighted by molar-refractivity contribution is 6.19. The van der Waals surface area contributed by atoms with Crippen LogP contribution in [-0.4, -0.2) is 11.8 Å². The van der Waals surface area contributed by atoms with Crippen LogP contribution in [-0.2, 0) is 0 Å². The van der Waals surface area contributed by atoms with E-state index in [-0.39, 0.29) is 0 Å². The molecule has 0 aliphatic heterocycles. The average Bonchev–Trinajstić information content (AvgIpc) is 1.68.